The highest BCUT2D eigenvalue weighted by atomic mass is 35.5. The number of aromatic nitrogens is 1. The largest absolute Gasteiger partial charge is 0.341 e. The third-order valence-corrected chi connectivity index (χ3v) is 4.03. The van der Waals surface area contributed by atoms with Crippen molar-refractivity contribution >= 4 is 17.5 Å². The summed E-state index contributed by atoms with van der Waals surface area (Å²) in [7, 11) is 0. The number of hydrogen-bond acceptors (Lipinski definition) is 2. The molecule has 24 heavy (non-hydrogen) atoms. The van der Waals surface area contributed by atoms with Crippen molar-refractivity contribution in [3.8, 4) is 0 Å². The Hall–Kier alpha value is -2.65. The average Bonchev–Trinajstić information content (AvgIpc) is 2.62. The number of nitrogens with zero attached hydrogens (tertiary/aromatic N) is 1. The maximum atomic E-state index is 12.6. The number of rotatable bonds is 4. The molecule has 120 valence electrons. The number of hydrogen-bond donors (Lipinski definition) is 1. The van der Waals surface area contributed by atoms with Gasteiger partial charge in [-0.2, -0.15) is 0 Å². The smallest absolute Gasteiger partial charge is 0.253 e. The van der Waals surface area contributed by atoms with Crippen LogP contribution in [-0.2, 0) is 0 Å². The molecule has 0 aliphatic carbocycles. The molecule has 0 spiro atoms. The summed E-state index contributed by atoms with van der Waals surface area (Å²) < 4.78 is 0. The minimum absolute atomic E-state index is 0.186. The number of halogens is 1. The summed E-state index contributed by atoms with van der Waals surface area (Å²) >= 11 is 5.79. The Bertz CT molecular complexity index is 815. The van der Waals surface area contributed by atoms with Crippen LogP contribution in [0.4, 0.5) is 0 Å². The number of aryl methyl sites for hydroxylation is 1. The van der Waals surface area contributed by atoms with E-state index in [1.165, 1.54) is 11.8 Å². The molecular weight excluding hydrogens is 320 g/mol. The molecule has 1 amide bonds. The molecule has 3 nitrogen and oxygen atoms in total. The molecule has 3 aromatic rings. The van der Waals surface area contributed by atoms with Crippen LogP contribution in [0, 0.1) is 6.92 Å². The fraction of sp³-hybridized carbons (Fsp3) is 0.100. The van der Waals surface area contributed by atoms with Crippen molar-refractivity contribution in [2.45, 2.75) is 13.0 Å². The van der Waals surface area contributed by atoms with E-state index in [1.807, 2.05) is 61.5 Å². The van der Waals surface area contributed by atoms with E-state index in [9.17, 15) is 4.79 Å². The van der Waals surface area contributed by atoms with Crippen molar-refractivity contribution in [1.82, 2.24) is 10.3 Å². The minimum Gasteiger partial charge on any atom is -0.341 e. The summed E-state index contributed by atoms with van der Waals surface area (Å²) in [4.78, 5) is 16.6. The summed E-state index contributed by atoms with van der Waals surface area (Å²) in [6, 6.07) is 21.1. The Balaban J connectivity index is 1.91. The summed E-state index contributed by atoms with van der Waals surface area (Å²) in [6.07, 6.45) is 1.48. The molecule has 0 saturated heterocycles. The van der Waals surface area contributed by atoms with Crippen molar-refractivity contribution in [3.63, 3.8) is 0 Å². The van der Waals surface area contributed by atoms with Crippen LogP contribution in [0.2, 0.25) is 5.15 Å². The third-order valence-electron chi connectivity index (χ3n) is 3.81. The van der Waals surface area contributed by atoms with Gasteiger partial charge < -0.3 is 5.32 Å². The number of pyridine rings is 1. The van der Waals surface area contributed by atoms with Crippen LogP contribution in [0.15, 0.2) is 72.9 Å². The lowest BCUT2D eigenvalue weighted by Gasteiger charge is -2.20. The highest BCUT2D eigenvalue weighted by Gasteiger charge is 2.17. The fourth-order valence-corrected chi connectivity index (χ4v) is 2.60. The molecule has 0 aliphatic rings. The van der Waals surface area contributed by atoms with Gasteiger partial charge in [-0.3, -0.25) is 4.79 Å². The summed E-state index contributed by atoms with van der Waals surface area (Å²) in [5.74, 6) is -0.186. The highest BCUT2D eigenvalue weighted by Crippen LogP contribution is 2.23. The molecular formula is C20H17ClN2O. The molecule has 0 radical (unpaired) electrons. The van der Waals surface area contributed by atoms with E-state index >= 15 is 0 Å². The van der Waals surface area contributed by atoms with E-state index in [4.69, 9.17) is 11.6 Å². The molecule has 1 aromatic heterocycles. The monoisotopic (exact) mass is 336 g/mol. The maximum Gasteiger partial charge on any atom is 0.253 e. The van der Waals surface area contributed by atoms with Gasteiger partial charge in [-0.25, -0.2) is 4.98 Å². The molecule has 0 bridgehead atoms. The van der Waals surface area contributed by atoms with Crippen molar-refractivity contribution in [2.24, 2.45) is 0 Å². The van der Waals surface area contributed by atoms with E-state index in [-0.39, 0.29) is 11.9 Å². The van der Waals surface area contributed by atoms with Crippen LogP contribution < -0.4 is 5.32 Å². The van der Waals surface area contributed by atoms with Crippen molar-refractivity contribution in [2.75, 3.05) is 0 Å². The molecule has 4 heteroatoms. The van der Waals surface area contributed by atoms with Crippen molar-refractivity contribution in [3.05, 3.63) is 100 Å². The highest BCUT2D eigenvalue weighted by molar-refractivity contribution is 6.29. The van der Waals surface area contributed by atoms with E-state index in [0.29, 0.717) is 10.7 Å². The van der Waals surface area contributed by atoms with Gasteiger partial charge in [0.15, 0.2) is 0 Å². The normalized spacial score (nSPS) is 11.8. The van der Waals surface area contributed by atoms with Crippen LogP contribution in [0.25, 0.3) is 0 Å². The van der Waals surface area contributed by atoms with Crippen molar-refractivity contribution < 1.29 is 4.79 Å². The molecule has 0 unspecified atom stereocenters. The second kappa shape index (κ2) is 7.28. The van der Waals surface area contributed by atoms with Gasteiger partial charge in [-0.05, 0) is 30.2 Å². The van der Waals surface area contributed by atoms with E-state index in [0.717, 1.165) is 11.1 Å². The molecule has 2 aromatic carbocycles. The zero-order chi connectivity index (χ0) is 16.9. The van der Waals surface area contributed by atoms with E-state index in [2.05, 4.69) is 10.3 Å². The molecule has 0 aliphatic heterocycles. The SMILES string of the molecule is Cc1ccc([C@H](NC(=O)c2ccc(Cl)nc2)c2ccccc2)cc1. The lowest BCUT2D eigenvalue weighted by atomic mass is 9.97. The first-order valence-electron chi connectivity index (χ1n) is 7.67. The molecule has 0 saturated carbocycles. The predicted molar refractivity (Wildman–Crippen MR) is 96.2 cm³/mol. The second-order valence-corrected chi connectivity index (χ2v) is 5.98. The van der Waals surface area contributed by atoms with Gasteiger partial charge in [0.25, 0.3) is 5.91 Å². The topological polar surface area (TPSA) is 42.0 Å². The van der Waals surface area contributed by atoms with Gasteiger partial charge in [-0.1, -0.05) is 71.8 Å². The maximum absolute atomic E-state index is 12.6. The van der Waals surface area contributed by atoms with Gasteiger partial charge in [0.2, 0.25) is 0 Å². The number of carbonyl (C=O) groups excluding carboxylic acids is 1. The number of carbonyl (C=O) groups is 1. The first kappa shape index (κ1) is 16.2. The first-order chi connectivity index (χ1) is 11.6. The zero-order valence-electron chi connectivity index (χ0n) is 13.2. The molecule has 0 fully saturated rings. The van der Waals surface area contributed by atoms with Crippen molar-refractivity contribution in [1.29, 1.82) is 0 Å². The van der Waals surface area contributed by atoms with E-state index in [1.54, 1.807) is 12.1 Å². The average molecular weight is 337 g/mol. The zero-order valence-corrected chi connectivity index (χ0v) is 14.0. The van der Waals surface area contributed by atoms with Crippen LogP contribution in [0.5, 0.6) is 0 Å². The second-order valence-electron chi connectivity index (χ2n) is 5.60. The molecule has 3 rings (SSSR count). The summed E-state index contributed by atoms with van der Waals surface area (Å²) in [6.45, 7) is 2.04. The fourth-order valence-electron chi connectivity index (χ4n) is 2.49. The van der Waals surface area contributed by atoms with Crippen LogP contribution in [0.3, 0.4) is 0 Å². The first-order valence-corrected chi connectivity index (χ1v) is 8.05. The summed E-state index contributed by atoms with van der Waals surface area (Å²) in [5.41, 5.74) is 3.71. The Morgan fingerprint density at radius 2 is 1.62 bits per heavy atom. The predicted octanol–water partition coefficient (Wildman–Crippen LogP) is 4.56. The number of amides is 1. The molecule has 1 heterocycles. The molecule has 1 N–H and O–H groups in total. The van der Waals surface area contributed by atoms with Gasteiger partial charge in [0.1, 0.15) is 5.15 Å². The van der Waals surface area contributed by atoms with Crippen LogP contribution >= 0.6 is 11.6 Å². The van der Waals surface area contributed by atoms with Gasteiger partial charge >= 0.3 is 0 Å². The Kier molecular flexibility index (Phi) is 4.92. The minimum atomic E-state index is -0.227. The standard InChI is InChI=1S/C20H17ClN2O/c1-14-7-9-16(10-8-14)19(15-5-3-2-4-6-15)23-20(24)17-11-12-18(21)22-13-17/h2-13,19H,1H3,(H,23,24)/t19-/m1/s1. The Labute approximate surface area is 146 Å². The van der Waals surface area contributed by atoms with Crippen LogP contribution in [0.1, 0.15) is 33.1 Å². The quantitative estimate of drug-likeness (QED) is 0.709. The van der Waals surface area contributed by atoms with Gasteiger partial charge in [0.05, 0.1) is 11.6 Å². The van der Waals surface area contributed by atoms with Gasteiger partial charge in [0, 0.05) is 6.20 Å². The number of nitrogens with one attached hydrogen (secondary N) is 1. The lowest BCUT2D eigenvalue weighted by molar-refractivity contribution is 0.0942. The third kappa shape index (κ3) is 3.81. The number of benzene rings is 2. The molecule has 1 atom stereocenters. The Morgan fingerprint density at radius 3 is 2.25 bits per heavy atom. The van der Waals surface area contributed by atoms with Crippen LogP contribution in [-0.4, -0.2) is 10.9 Å². The summed E-state index contributed by atoms with van der Waals surface area (Å²) in [5, 5.41) is 3.45. The van der Waals surface area contributed by atoms with Gasteiger partial charge in [-0.15, -0.1) is 0 Å². The lowest BCUT2D eigenvalue weighted by Crippen LogP contribution is -2.29. The van der Waals surface area contributed by atoms with E-state index < -0.39 is 0 Å². The Morgan fingerprint density at radius 1 is 0.958 bits per heavy atom.